The molecular weight excluding hydrogens is 393 g/mol. The summed E-state index contributed by atoms with van der Waals surface area (Å²) in [6.07, 6.45) is 2.36. The smallest absolute Gasteiger partial charge is 0.346 e. The van der Waals surface area contributed by atoms with Crippen LogP contribution in [0.3, 0.4) is 0 Å². The van der Waals surface area contributed by atoms with Crippen molar-refractivity contribution in [1.29, 1.82) is 5.26 Å². The molecule has 6 rings (SSSR count). The number of amides is 1. The SMILES string of the molecule is N#Cc1ccc(-n2ncc(C(=O)NC34CC5CC(CC(C5)C3)C4)c2C(F)(F)F)cc1. The van der Waals surface area contributed by atoms with Crippen LogP contribution in [0.25, 0.3) is 5.69 Å². The molecule has 0 atom stereocenters. The molecule has 1 N–H and O–H groups in total. The van der Waals surface area contributed by atoms with Gasteiger partial charge in [-0.1, -0.05) is 0 Å². The minimum absolute atomic E-state index is 0.148. The van der Waals surface area contributed by atoms with Gasteiger partial charge in [-0.2, -0.15) is 23.5 Å². The van der Waals surface area contributed by atoms with Gasteiger partial charge in [0, 0.05) is 5.54 Å². The molecule has 0 saturated heterocycles. The number of halogens is 3. The monoisotopic (exact) mass is 414 g/mol. The highest BCUT2D eigenvalue weighted by molar-refractivity contribution is 5.96. The Kier molecular flexibility index (Phi) is 4.21. The molecule has 0 spiro atoms. The number of benzene rings is 1. The normalized spacial score (nSPS) is 29.6. The van der Waals surface area contributed by atoms with Gasteiger partial charge in [-0.25, -0.2) is 4.68 Å². The zero-order valence-corrected chi connectivity index (χ0v) is 16.2. The largest absolute Gasteiger partial charge is 0.434 e. The first kappa shape index (κ1) is 19.2. The third-order valence-corrected chi connectivity index (χ3v) is 6.94. The van der Waals surface area contributed by atoms with Crippen LogP contribution in [0.2, 0.25) is 0 Å². The van der Waals surface area contributed by atoms with Crippen molar-refractivity contribution in [3.8, 4) is 11.8 Å². The third kappa shape index (κ3) is 3.17. The van der Waals surface area contributed by atoms with E-state index in [4.69, 9.17) is 5.26 Å². The van der Waals surface area contributed by atoms with Gasteiger partial charge in [-0.05, 0) is 80.5 Å². The molecule has 5 nitrogen and oxygen atoms in total. The Balaban J connectivity index is 1.47. The molecular formula is C22H21F3N4O. The summed E-state index contributed by atoms with van der Waals surface area (Å²) in [5, 5.41) is 15.8. The Hall–Kier alpha value is -2.82. The van der Waals surface area contributed by atoms with E-state index in [-0.39, 0.29) is 11.2 Å². The van der Waals surface area contributed by atoms with E-state index in [2.05, 4.69) is 10.4 Å². The van der Waals surface area contributed by atoms with E-state index in [0.29, 0.717) is 23.3 Å². The summed E-state index contributed by atoms with van der Waals surface area (Å²) in [7, 11) is 0. The van der Waals surface area contributed by atoms with E-state index in [1.807, 2.05) is 6.07 Å². The zero-order valence-electron chi connectivity index (χ0n) is 16.2. The summed E-state index contributed by atoms with van der Waals surface area (Å²) in [6.45, 7) is 0. The first-order valence-corrected chi connectivity index (χ1v) is 10.2. The standard InChI is InChI=1S/C22H21F3N4O/c23-22(24,25)19-18(12-27-29(19)17-3-1-13(11-26)2-4-17)20(30)28-21-8-14-5-15(9-21)7-16(6-14)10-21/h1-4,12,14-16H,5-10H2,(H,28,30). The highest BCUT2D eigenvalue weighted by Gasteiger charge is 2.52. The second-order valence-electron chi connectivity index (χ2n) is 9.13. The van der Waals surface area contributed by atoms with Crippen molar-refractivity contribution in [2.45, 2.75) is 50.2 Å². The van der Waals surface area contributed by atoms with Crippen molar-refractivity contribution in [2.24, 2.45) is 17.8 Å². The number of hydrogen-bond donors (Lipinski definition) is 1. The van der Waals surface area contributed by atoms with Crippen molar-refractivity contribution in [1.82, 2.24) is 15.1 Å². The van der Waals surface area contributed by atoms with Crippen LogP contribution in [-0.2, 0) is 6.18 Å². The maximum Gasteiger partial charge on any atom is 0.434 e. The molecule has 0 radical (unpaired) electrons. The zero-order chi connectivity index (χ0) is 21.1. The lowest BCUT2D eigenvalue weighted by atomic mass is 9.53. The Morgan fingerprint density at radius 3 is 2.17 bits per heavy atom. The molecule has 1 aromatic carbocycles. The number of nitrogens with one attached hydrogen (secondary N) is 1. The van der Waals surface area contributed by atoms with Crippen LogP contribution in [0, 0.1) is 29.1 Å². The minimum atomic E-state index is -4.75. The lowest BCUT2D eigenvalue weighted by Gasteiger charge is -2.56. The molecule has 4 bridgehead atoms. The second kappa shape index (κ2) is 6.59. The van der Waals surface area contributed by atoms with Crippen molar-refractivity contribution < 1.29 is 18.0 Å². The van der Waals surface area contributed by atoms with Crippen molar-refractivity contribution in [2.75, 3.05) is 0 Å². The molecule has 2 aromatic rings. The first-order chi connectivity index (χ1) is 14.3. The predicted molar refractivity (Wildman–Crippen MR) is 102 cm³/mol. The molecule has 4 fully saturated rings. The first-order valence-electron chi connectivity index (χ1n) is 10.2. The topological polar surface area (TPSA) is 70.7 Å². The number of alkyl halides is 3. The van der Waals surface area contributed by atoms with E-state index in [9.17, 15) is 18.0 Å². The average molecular weight is 414 g/mol. The van der Waals surface area contributed by atoms with Crippen LogP contribution in [0.4, 0.5) is 13.2 Å². The number of carbonyl (C=O) groups excluding carboxylic acids is 1. The summed E-state index contributed by atoms with van der Waals surface area (Å²) in [5.74, 6) is 1.00. The van der Waals surface area contributed by atoms with Crippen LogP contribution in [0.5, 0.6) is 0 Å². The molecule has 0 aliphatic heterocycles. The summed E-state index contributed by atoms with van der Waals surface area (Å²) < 4.78 is 42.5. The lowest BCUT2D eigenvalue weighted by molar-refractivity contribution is -0.143. The molecule has 1 amide bonds. The third-order valence-electron chi connectivity index (χ3n) is 6.94. The van der Waals surface area contributed by atoms with Gasteiger partial charge in [0.1, 0.15) is 0 Å². The summed E-state index contributed by atoms with van der Waals surface area (Å²) >= 11 is 0. The molecule has 4 aliphatic carbocycles. The molecule has 4 aliphatic rings. The number of hydrogen-bond acceptors (Lipinski definition) is 3. The molecule has 1 aromatic heterocycles. The van der Waals surface area contributed by atoms with Crippen LogP contribution < -0.4 is 5.32 Å². The van der Waals surface area contributed by atoms with Gasteiger partial charge < -0.3 is 5.32 Å². The molecule has 1 heterocycles. The number of nitrogens with zero attached hydrogens (tertiary/aromatic N) is 3. The van der Waals surface area contributed by atoms with Gasteiger partial charge in [0.15, 0.2) is 5.69 Å². The van der Waals surface area contributed by atoms with E-state index in [1.165, 1.54) is 43.5 Å². The van der Waals surface area contributed by atoms with E-state index in [0.717, 1.165) is 30.1 Å². The molecule has 4 saturated carbocycles. The Bertz CT molecular complexity index is 997. The Labute approximate surface area is 171 Å². The lowest BCUT2D eigenvalue weighted by Crippen LogP contribution is -2.59. The van der Waals surface area contributed by atoms with Crippen LogP contribution >= 0.6 is 0 Å². The van der Waals surface area contributed by atoms with E-state index >= 15 is 0 Å². The number of rotatable bonds is 3. The molecule has 8 heteroatoms. The van der Waals surface area contributed by atoms with Crippen molar-refractivity contribution in [3.05, 3.63) is 47.3 Å². The van der Waals surface area contributed by atoms with Gasteiger partial charge in [0.25, 0.3) is 5.91 Å². The number of aromatic nitrogens is 2. The predicted octanol–water partition coefficient (Wildman–Crippen LogP) is 4.46. The number of nitriles is 1. The van der Waals surface area contributed by atoms with Crippen LogP contribution in [0.15, 0.2) is 30.5 Å². The maximum absolute atomic E-state index is 13.9. The van der Waals surface area contributed by atoms with E-state index < -0.39 is 23.3 Å². The van der Waals surface area contributed by atoms with Crippen LogP contribution in [-0.4, -0.2) is 21.2 Å². The second-order valence-corrected chi connectivity index (χ2v) is 9.13. The Morgan fingerprint density at radius 1 is 1.10 bits per heavy atom. The highest BCUT2D eigenvalue weighted by atomic mass is 19.4. The summed E-state index contributed by atoms with van der Waals surface area (Å²) in [5.41, 5.74) is -1.45. The van der Waals surface area contributed by atoms with Crippen molar-refractivity contribution in [3.63, 3.8) is 0 Å². The van der Waals surface area contributed by atoms with Gasteiger partial charge in [0.05, 0.1) is 29.1 Å². The fraction of sp³-hybridized carbons (Fsp3) is 0.500. The molecule has 0 unspecified atom stereocenters. The fourth-order valence-electron chi connectivity index (χ4n) is 6.23. The molecule has 30 heavy (non-hydrogen) atoms. The van der Waals surface area contributed by atoms with Crippen molar-refractivity contribution >= 4 is 5.91 Å². The van der Waals surface area contributed by atoms with Gasteiger partial charge in [-0.15, -0.1) is 0 Å². The Morgan fingerprint density at radius 2 is 1.67 bits per heavy atom. The van der Waals surface area contributed by atoms with Crippen LogP contribution in [0.1, 0.15) is 60.1 Å². The average Bonchev–Trinajstić information content (AvgIpc) is 3.12. The summed E-state index contributed by atoms with van der Waals surface area (Å²) in [4.78, 5) is 13.0. The highest BCUT2D eigenvalue weighted by Crippen LogP contribution is 2.55. The maximum atomic E-state index is 13.9. The fourth-order valence-corrected chi connectivity index (χ4v) is 6.23. The van der Waals surface area contributed by atoms with E-state index in [1.54, 1.807) is 0 Å². The van der Waals surface area contributed by atoms with Gasteiger partial charge in [0.2, 0.25) is 0 Å². The summed E-state index contributed by atoms with van der Waals surface area (Å²) in [6, 6.07) is 7.56. The van der Waals surface area contributed by atoms with Gasteiger partial charge >= 0.3 is 6.18 Å². The quantitative estimate of drug-likeness (QED) is 0.806. The van der Waals surface area contributed by atoms with Gasteiger partial charge in [-0.3, -0.25) is 4.79 Å². The molecule has 156 valence electrons. The minimum Gasteiger partial charge on any atom is -0.346 e. The number of carbonyl (C=O) groups is 1.